The molecule has 0 unspecified atom stereocenters. The molecule has 1 aromatic carbocycles. The van der Waals surface area contributed by atoms with Gasteiger partial charge in [0.05, 0.1) is 5.69 Å². The number of benzene rings is 1. The Morgan fingerprint density at radius 1 is 1.14 bits per heavy atom. The predicted octanol–water partition coefficient (Wildman–Crippen LogP) is 4.37. The summed E-state index contributed by atoms with van der Waals surface area (Å²) in [6.07, 6.45) is 6.36. The number of carbonyl (C=O) groups is 3. The Hall–Kier alpha value is -2.74. The lowest BCUT2D eigenvalue weighted by molar-refractivity contribution is -0.116. The highest BCUT2D eigenvalue weighted by molar-refractivity contribution is 7.13. The first-order chi connectivity index (χ1) is 14.0. The Labute approximate surface area is 174 Å². The molecule has 0 atom stereocenters. The number of Topliss-reactive ketones (excluding diaryl/α,β-unsaturated/α-hetero) is 1. The van der Waals surface area contributed by atoms with Crippen LogP contribution in [0.2, 0.25) is 0 Å². The summed E-state index contributed by atoms with van der Waals surface area (Å²) in [7, 11) is 0. The van der Waals surface area contributed by atoms with Gasteiger partial charge in [-0.3, -0.25) is 14.9 Å². The van der Waals surface area contributed by atoms with Gasteiger partial charge in [0.15, 0.2) is 10.9 Å². The molecule has 1 heterocycles. The second-order valence-corrected chi connectivity index (χ2v) is 8.12. The van der Waals surface area contributed by atoms with Crippen LogP contribution in [0, 0.1) is 0 Å². The fourth-order valence-corrected chi connectivity index (χ4v) is 4.07. The summed E-state index contributed by atoms with van der Waals surface area (Å²) >= 11 is 1.35. The maximum absolute atomic E-state index is 12.2. The first kappa shape index (κ1) is 21.0. The van der Waals surface area contributed by atoms with Crippen LogP contribution in [-0.4, -0.2) is 28.7 Å². The van der Waals surface area contributed by atoms with Gasteiger partial charge in [-0.2, -0.15) is 0 Å². The van der Waals surface area contributed by atoms with Crippen molar-refractivity contribution in [3.63, 3.8) is 0 Å². The molecule has 3 rings (SSSR count). The standard InChI is InChI=1S/C21H26N4O3S/c1-14(26)15-6-5-9-17(12-15)22-19(27)11-10-18-13-29-21(24-18)25-20(28)23-16-7-3-2-4-8-16/h5-6,9,12-13,16H,2-4,7-8,10-11H2,1H3,(H,22,27)(H2,23,24,25,28). The van der Waals surface area contributed by atoms with Crippen molar-refractivity contribution in [2.75, 3.05) is 10.6 Å². The van der Waals surface area contributed by atoms with E-state index in [1.54, 1.807) is 24.3 Å². The second-order valence-electron chi connectivity index (χ2n) is 7.26. The number of nitrogens with zero attached hydrogens (tertiary/aromatic N) is 1. The highest BCUT2D eigenvalue weighted by Crippen LogP contribution is 2.19. The second kappa shape index (κ2) is 10.2. The van der Waals surface area contributed by atoms with E-state index in [0.717, 1.165) is 31.4 Å². The van der Waals surface area contributed by atoms with Crippen molar-refractivity contribution >= 4 is 39.9 Å². The molecule has 0 bridgehead atoms. The van der Waals surface area contributed by atoms with Crippen LogP contribution in [0.1, 0.15) is 61.5 Å². The van der Waals surface area contributed by atoms with E-state index < -0.39 is 0 Å². The zero-order valence-corrected chi connectivity index (χ0v) is 17.3. The van der Waals surface area contributed by atoms with Gasteiger partial charge in [0.1, 0.15) is 0 Å². The molecule has 7 nitrogen and oxygen atoms in total. The lowest BCUT2D eigenvalue weighted by atomic mass is 9.96. The molecule has 0 aliphatic heterocycles. The first-order valence-electron chi connectivity index (χ1n) is 9.92. The summed E-state index contributed by atoms with van der Waals surface area (Å²) in [5.74, 6) is -0.195. The van der Waals surface area contributed by atoms with Crippen molar-refractivity contribution in [3.8, 4) is 0 Å². The summed E-state index contributed by atoms with van der Waals surface area (Å²) in [5, 5.41) is 10.9. The third-order valence-corrected chi connectivity index (χ3v) is 5.68. The zero-order chi connectivity index (χ0) is 20.6. The van der Waals surface area contributed by atoms with Crippen LogP contribution >= 0.6 is 11.3 Å². The van der Waals surface area contributed by atoms with Gasteiger partial charge >= 0.3 is 6.03 Å². The molecule has 0 spiro atoms. The smallest absolute Gasteiger partial charge is 0.321 e. The monoisotopic (exact) mass is 414 g/mol. The molecule has 8 heteroatoms. The van der Waals surface area contributed by atoms with E-state index in [9.17, 15) is 14.4 Å². The maximum atomic E-state index is 12.2. The van der Waals surface area contributed by atoms with Crippen molar-refractivity contribution in [1.29, 1.82) is 0 Å². The maximum Gasteiger partial charge on any atom is 0.321 e. The minimum absolute atomic E-state index is 0.0453. The van der Waals surface area contributed by atoms with Gasteiger partial charge in [-0.1, -0.05) is 31.4 Å². The van der Waals surface area contributed by atoms with Crippen molar-refractivity contribution < 1.29 is 14.4 Å². The topological polar surface area (TPSA) is 100 Å². The Bertz CT molecular complexity index is 874. The molecule has 1 aliphatic carbocycles. The molecule has 0 radical (unpaired) electrons. The van der Waals surface area contributed by atoms with Gasteiger partial charge in [0.25, 0.3) is 0 Å². The molecule has 0 saturated heterocycles. The summed E-state index contributed by atoms with van der Waals surface area (Å²) in [6.45, 7) is 1.49. The van der Waals surface area contributed by atoms with Gasteiger partial charge in [-0.15, -0.1) is 11.3 Å². The number of urea groups is 1. The number of thiazole rings is 1. The fourth-order valence-electron chi connectivity index (χ4n) is 3.33. The molecule has 154 valence electrons. The van der Waals surface area contributed by atoms with Crippen molar-refractivity contribution in [1.82, 2.24) is 10.3 Å². The molecule has 1 aromatic heterocycles. The number of nitrogens with one attached hydrogen (secondary N) is 3. The van der Waals surface area contributed by atoms with Crippen LogP contribution in [-0.2, 0) is 11.2 Å². The SMILES string of the molecule is CC(=O)c1cccc(NC(=O)CCc2csc(NC(=O)NC3CCCCC3)n2)c1. The normalized spacial score (nSPS) is 14.2. The molecule has 1 fully saturated rings. The van der Waals surface area contributed by atoms with E-state index in [1.807, 2.05) is 5.38 Å². The average molecular weight is 415 g/mol. The van der Waals surface area contributed by atoms with E-state index in [0.29, 0.717) is 22.8 Å². The minimum Gasteiger partial charge on any atom is -0.335 e. The largest absolute Gasteiger partial charge is 0.335 e. The van der Waals surface area contributed by atoms with Gasteiger partial charge in [-0.25, -0.2) is 9.78 Å². The number of hydrogen-bond donors (Lipinski definition) is 3. The van der Waals surface area contributed by atoms with Crippen molar-refractivity contribution in [3.05, 3.63) is 40.9 Å². The summed E-state index contributed by atoms with van der Waals surface area (Å²) in [5.41, 5.74) is 1.92. The first-order valence-corrected chi connectivity index (χ1v) is 10.8. The van der Waals surface area contributed by atoms with Crippen molar-refractivity contribution in [2.24, 2.45) is 0 Å². The number of aromatic nitrogens is 1. The Kier molecular flexibility index (Phi) is 7.35. The van der Waals surface area contributed by atoms with Gasteiger partial charge in [0, 0.05) is 29.1 Å². The van der Waals surface area contributed by atoms with Crippen LogP contribution < -0.4 is 16.0 Å². The number of amides is 3. The predicted molar refractivity (Wildman–Crippen MR) is 115 cm³/mol. The average Bonchev–Trinajstić information content (AvgIpc) is 3.14. The quantitative estimate of drug-likeness (QED) is 0.586. The fraction of sp³-hybridized carbons (Fsp3) is 0.429. The number of anilines is 2. The van der Waals surface area contributed by atoms with Crippen molar-refractivity contribution in [2.45, 2.75) is 57.9 Å². The zero-order valence-electron chi connectivity index (χ0n) is 16.5. The molecule has 1 saturated carbocycles. The molecule has 29 heavy (non-hydrogen) atoms. The van der Waals surface area contributed by atoms with E-state index in [-0.39, 0.29) is 30.2 Å². The van der Waals surface area contributed by atoms with Gasteiger partial charge in [0.2, 0.25) is 5.91 Å². The van der Waals surface area contributed by atoms with E-state index in [2.05, 4.69) is 20.9 Å². The third kappa shape index (κ3) is 6.67. The van der Waals surface area contributed by atoms with Gasteiger partial charge < -0.3 is 10.6 Å². The molecular formula is C21H26N4O3S. The number of aryl methyl sites for hydroxylation is 1. The Morgan fingerprint density at radius 2 is 1.93 bits per heavy atom. The van der Waals surface area contributed by atoms with Crippen LogP contribution in [0.15, 0.2) is 29.6 Å². The number of rotatable bonds is 7. The summed E-state index contributed by atoms with van der Waals surface area (Å²) in [4.78, 5) is 40.1. The number of carbonyl (C=O) groups excluding carboxylic acids is 3. The third-order valence-electron chi connectivity index (χ3n) is 4.87. The summed E-state index contributed by atoms with van der Waals surface area (Å²) in [6, 6.07) is 6.89. The highest BCUT2D eigenvalue weighted by Gasteiger charge is 2.16. The Morgan fingerprint density at radius 3 is 2.69 bits per heavy atom. The molecule has 3 N–H and O–H groups in total. The number of ketones is 1. The van der Waals surface area contributed by atoms with Crippen LogP contribution in [0.3, 0.4) is 0 Å². The van der Waals surface area contributed by atoms with E-state index >= 15 is 0 Å². The van der Waals surface area contributed by atoms with Crippen LogP contribution in [0.4, 0.5) is 15.6 Å². The van der Waals surface area contributed by atoms with Crippen LogP contribution in [0.5, 0.6) is 0 Å². The van der Waals surface area contributed by atoms with E-state index in [1.165, 1.54) is 24.7 Å². The lowest BCUT2D eigenvalue weighted by Gasteiger charge is -2.22. The Balaban J connectivity index is 1.43. The molecule has 1 aliphatic rings. The van der Waals surface area contributed by atoms with Crippen LogP contribution in [0.25, 0.3) is 0 Å². The van der Waals surface area contributed by atoms with E-state index in [4.69, 9.17) is 0 Å². The number of hydrogen-bond acceptors (Lipinski definition) is 5. The molecule has 3 amide bonds. The molecular weight excluding hydrogens is 388 g/mol. The summed E-state index contributed by atoms with van der Waals surface area (Å²) < 4.78 is 0. The minimum atomic E-state index is -0.221. The molecule has 2 aromatic rings. The van der Waals surface area contributed by atoms with Gasteiger partial charge in [-0.05, 0) is 38.3 Å². The highest BCUT2D eigenvalue weighted by atomic mass is 32.1. The lowest BCUT2D eigenvalue weighted by Crippen LogP contribution is -2.38.